The molecule has 0 aliphatic carbocycles. The van der Waals surface area contributed by atoms with Crippen LogP contribution in [0.3, 0.4) is 0 Å². The molecule has 0 bridgehead atoms. The molecule has 0 aliphatic heterocycles. The number of benzene rings is 1. The first kappa shape index (κ1) is 10.5. The van der Waals surface area contributed by atoms with Gasteiger partial charge < -0.3 is 4.74 Å². The first-order chi connectivity index (χ1) is 6.24. The van der Waals surface area contributed by atoms with Gasteiger partial charge in [-0.2, -0.15) is 0 Å². The first-order valence-electron chi connectivity index (χ1n) is 4.22. The van der Waals surface area contributed by atoms with Crippen LogP contribution >= 0.6 is 15.9 Å². The van der Waals surface area contributed by atoms with Gasteiger partial charge in [-0.05, 0) is 24.6 Å². The molecule has 1 atom stereocenters. The molecule has 13 heavy (non-hydrogen) atoms. The van der Waals surface area contributed by atoms with Crippen LogP contribution in [0, 0.1) is 0 Å². The molecule has 0 aromatic heterocycles. The quantitative estimate of drug-likeness (QED) is 0.730. The zero-order valence-electron chi connectivity index (χ0n) is 7.66. The minimum absolute atomic E-state index is 0.131. The van der Waals surface area contributed by atoms with Crippen LogP contribution < -0.4 is 0 Å². The Hall–Kier alpha value is -0.600. The fraction of sp³-hybridized carbons (Fsp3) is 0.273. The van der Waals surface area contributed by atoms with Gasteiger partial charge in [0.25, 0.3) is 0 Å². The fourth-order valence-corrected chi connectivity index (χ4v) is 1.31. The van der Waals surface area contributed by atoms with Gasteiger partial charge in [-0.25, -0.2) is 0 Å². The van der Waals surface area contributed by atoms with Gasteiger partial charge in [0.1, 0.15) is 0 Å². The van der Waals surface area contributed by atoms with Gasteiger partial charge in [-0.15, -0.1) is 6.58 Å². The number of hydrogen-bond acceptors (Lipinski definition) is 1. The van der Waals surface area contributed by atoms with E-state index in [2.05, 4.69) is 34.6 Å². The average molecular weight is 241 g/mol. The third-order valence-electron chi connectivity index (χ3n) is 1.80. The maximum absolute atomic E-state index is 5.48. The third-order valence-corrected chi connectivity index (χ3v) is 2.33. The van der Waals surface area contributed by atoms with Crippen LogP contribution in [0.5, 0.6) is 0 Å². The zero-order valence-corrected chi connectivity index (χ0v) is 9.25. The van der Waals surface area contributed by atoms with E-state index < -0.39 is 0 Å². The smallest absolute Gasteiger partial charge is 0.0801 e. The van der Waals surface area contributed by atoms with Crippen LogP contribution in [-0.2, 0) is 4.74 Å². The molecule has 0 fully saturated rings. The number of halogens is 1. The Labute approximate surface area is 87.5 Å². The van der Waals surface area contributed by atoms with Gasteiger partial charge in [0, 0.05) is 4.47 Å². The Kier molecular flexibility index (Phi) is 4.19. The zero-order chi connectivity index (χ0) is 9.68. The Balaban J connectivity index is 2.60. The number of rotatable bonds is 4. The summed E-state index contributed by atoms with van der Waals surface area (Å²) in [5, 5.41) is 0. The van der Waals surface area contributed by atoms with E-state index in [-0.39, 0.29) is 6.10 Å². The van der Waals surface area contributed by atoms with Crippen LogP contribution in [0.15, 0.2) is 41.4 Å². The molecule has 1 rings (SSSR count). The van der Waals surface area contributed by atoms with Crippen molar-refractivity contribution in [1.82, 2.24) is 0 Å². The molecule has 1 unspecified atom stereocenters. The maximum atomic E-state index is 5.48. The summed E-state index contributed by atoms with van der Waals surface area (Å²) in [4.78, 5) is 0. The van der Waals surface area contributed by atoms with E-state index in [1.807, 2.05) is 19.1 Å². The highest BCUT2D eigenvalue weighted by molar-refractivity contribution is 9.10. The van der Waals surface area contributed by atoms with Crippen molar-refractivity contribution in [3.8, 4) is 0 Å². The molecule has 0 radical (unpaired) electrons. The van der Waals surface area contributed by atoms with Crippen LogP contribution in [0.25, 0.3) is 0 Å². The summed E-state index contributed by atoms with van der Waals surface area (Å²) in [5.74, 6) is 0. The molecule has 0 amide bonds. The van der Waals surface area contributed by atoms with Crippen LogP contribution in [-0.4, -0.2) is 6.61 Å². The molecule has 1 aromatic carbocycles. The summed E-state index contributed by atoms with van der Waals surface area (Å²) in [5.41, 5.74) is 1.19. The van der Waals surface area contributed by atoms with Crippen molar-refractivity contribution in [2.45, 2.75) is 13.0 Å². The summed E-state index contributed by atoms with van der Waals surface area (Å²) in [6.07, 6.45) is 1.89. The van der Waals surface area contributed by atoms with Crippen LogP contribution in [0.1, 0.15) is 18.6 Å². The molecule has 0 N–H and O–H groups in total. The lowest BCUT2D eigenvalue weighted by Gasteiger charge is -2.11. The van der Waals surface area contributed by atoms with Gasteiger partial charge in [-0.1, -0.05) is 34.1 Å². The molecular weight excluding hydrogens is 228 g/mol. The molecule has 1 aromatic rings. The van der Waals surface area contributed by atoms with Crippen LogP contribution in [0.4, 0.5) is 0 Å². The summed E-state index contributed by atoms with van der Waals surface area (Å²) in [6, 6.07) is 8.14. The lowest BCUT2D eigenvalue weighted by Crippen LogP contribution is -1.99. The highest BCUT2D eigenvalue weighted by atomic mass is 79.9. The van der Waals surface area contributed by atoms with Crippen LogP contribution in [0.2, 0.25) is 0 Å². The predicted molar refractivity (Wildman–Crippen MR) is 58.7 cm³/mol. The second-order valence-electron chi connectivity index (χ2n) is 2.82. The second-order valence-corrected chi connectivity index (χ2v) is 3.73. The summed E-state index contributed by atoms with van der Waals surface area (Å²) in [7, 11) is 0. The molecule has 0 saturated carbocycles. The van der Waals surface area contributed by atoms with E-state index in [1.54, 1.807) is 6.08 Å². The van der Waals surface area contributed by atoms with Crippen molar-refractivity contribution in [2.24, 2.45) is 0 Å². The maximum Gasteiger partial charge on any atom is 0.0801 e. The molecule has 0 saturated heterocycles. The third kappa shape index (κ3) is 3.33. The largest absolute Gasteiger partial charge is 0.370 e. The molecular formula is C11H13BrO. The van der Waals surface area contributed by atoms with E-state index in [1.165, 1.54) is 5.56 Å². The van der Waals surface area contributed by atoms with Gasteiger partial charge in [0.15, 0.2) is 0 Å². The van der Waals surface area contributed by atoms with Crippen molar-refractivity contribution < 1.29 is 4.74 Å². The lowest BCUT2D eigenvalue weighted by molar-refractivity contribution is 0.0888. The van der Waals surface area contributed by atoms with E-state index in [0.717, 1.165) is 4.47 Å². The first-order valence-corrected chi connectivity index (χ1v) is 5.01. The number of ether oxygens (including phenoxy) is 1. The van der Waals surface area contributed by atoms with Crippen molar-refractivity contribution in [3.05, 3.63) is 47.0 Å². The van der Waals surface area contributed by atoms with Gasteiger partial charge >= 0.3 is 0 Å². The predicted octanol–water partition coefficient (Wildman–Crippen LogP) is 3.71. The molecule has 2 heteroatoms. The van der Waals surface area contributed by atoms with Gasteiger partial charge in [0.2, 0.25) is 0 Å². The SMILES string of the molecule is C=CCOC(C)c1ccc(Br)cc1. The van der Waals surface area contributed by atoms with Gasteiger partial charge in [0.05, 0.1) is 12.7 Å². The second kappa shape index (κ2) is 5.20. The average Bonchev–Trinajstić information content (AvgIpc) is 2.15. The Morgan fingerprint density at radius 1 is 1.46 bits per heavy atom. The van der Waals surface area contributed by atoms with Crippen molar-refractivity contribution in [2.75, 3.05) is 6.61 Å². The van der Waals surface area contributed by atoms with E-state index in [0.29, 0.717) is 6.61 Å². The number of hydrogen-bond donors (Lipinski definition) is 0. The standard InChI is InChI=1S/C11H13BrO/c1-3-8-13-9(2)10-4-6-11(12)7-5-10/h3-7,9H,1,8H2,2H3. The van der Waals surface area contributed by atoms with E-state index >= 15 is 0 Å². The minimum Gasteiger partial charge on any atom is -0.370 e. The molecule has 0 heterocycles. The lowest BCUT2D eigenvalue weighted by atomic mass is 10.1. The van der Waals surface area contributed by atoms with E-state index in [9.17, 15) is 0 Å². The Bertz CT molecular complexity index is 266. The summed E-state index contributed by atoms with van der Waals surface area (Å²) >= 11 is 3.39. The summed E-state index contributed by atoms with van der Waals surface area (Å²) in [6.45, 7) is 6.24. The fourth-order valence-electron chi connectivity index (χ4n) is 1.04. The Morgan fingerprint density at radius 3 is 2.62 bits per heavy atom. The van der Waals surface area contributed by atoms with E-state index in [4.69, 9.17) is 4.74 Å². The van der Waals surface area contributed by atoms with Crippen molar-refractivity contribution in [3.63, 3.8) is 0 Å². The highest BCUT2D eigenvalue weighted by Gasteiger charge is 2.03. The molecule has 0 aliphatic rings. The minimum atomic E-state index is 0.131. The topological polar surface area (TPSA) is 9.23 Å². The molecule has 0 spiro atoms. The van der Waals surface area contributed by atoms with Crippen molar-refractivity contribution in [1.29, 1.82) is 0 Å². The highest BCUT2D eigenvalue weighted by Crippen LogP contribution is 2.19. The normalized spacial score (nSPS) is 12.5. The van der Waals surface area contributed by atoms with Crippen molar-refractivity contribution >= 4 is 15.9 Å². The molecule has 1 nitrogen and oxygen atoms in total. The summed E-state index contributed by atoms with van der Waals surface area (Å²) < 4.78 is 6.57. The Morgan fingerprint density at radius 2 is 2.08 bits per heavy atom. The molecule has 70 valence electrons. The van der Waals surface area contributed by atoms with Gasteiger partial charge in [-0.3, -0.25) is 0 Å². The monoisotopic (exact) mass is 240 g/mol.